The molecule has 14 heteroatoms. The molecule has 0 aliphatic carbocycles. The molecular weight excluding hydrogens is 576 g/mol. The number of likely N-dealkylation sites (N-methyl/N-ethyl adjacent to an activating group) is 1. The Morgan fingerprint density at radius 1 is 1.12 bits per heavy atom. The molecule has 9 nitrogen and oxygen atoms in total. The Kier molecular flexibility index (Phi) is 10.1. The number of benzene rings is 1. The fraction of sp³-hybridized carbons (Fsp3) is 0.679. The molecule has 42 heavy (non-hydrogen) atoms. The molecule has 236 valence electrons. The highest BCUT2D eigenvalue weighted by Crippen LogP contribution is 2.36. The lowest BCUT2D eigenvalue weighted by Gasteiger charge is -2.34. The molecule has 1 aromatic carbocycles. The molecule has 1 saturated heterocycles. The van der Waals surface area contributed by atoms with Crippen LogP contribution in [0.1, 0.15) is 66.9 Å². The number of ether oxygens (including phenoxy) is 1. The van der Waals surface area contributed by atoms with E-state index in [1.807, 2.05) is 52.9 Å². The van der Waals surface area contributed by atoms with E-state index >= 15 is 0 Å². The van der Waals surface area contributed by atoms with Crippen molar-refractivity contribution >= 4 is 28.8 Å². The number of halogens is 3. The molecular formula is C28H42BF3N2O7S. The molecule has 0 aromatic heterocycles. The van der Waals surface area contributed by atoms with E-state index in [0.29, 0.717) is 13.0 Å². The fourth-order valence-corrected chi connectivity index (χ4v) is 4.92. The second-order valence-electron chi connectivity index (χ2n) is 12.9. The van der Waals surface area contributed by atoms with Gasteiger partial charge in [-0.05, 0) is 104 Å². The third-order valence-corrected chi connectivity index (χ3v) is 8.56. The maximum atomic E-state index is 12.9. The highest BCUT2D eigenvalue weighted by atomic mass is 32.2. The van der Waals surface area contributed by atoms with Gasteiger partial charge in [-0.1, -0.05) is 24.3 Å². The van der Waals surface area contributed by atoms with Gasteiger partial charge in [0.1, 0.15) is 5.60 Å². The van der Waals surface area contributed by atoms with E-state index in [4.69, 9.17) is 14.0 Å². The first kappa shape index (κ1) is 34.2. The van der Waals surface area contributed by atoms with E-state index < -0.39 is 51.5 Å². The summed E-state index contributed by atoms with van der Waals surface area (Å²) in [6.45, 7) is 14.2. The van der Waals surface area contributed by atoms with Gasteiger partial charge in [0, 0.05) is 13.1 Å². The normalized spacial score (nSPS) is 21.0. The lowest BCUT2D eigenvalue weighted by atomic mass is 9.78. The molecule has 0 radical (unpaired) electrons. The van der Waals surface area contributed by atoms with Crippen LogP contribution in [-0.2, 0) is 34.8 Å². The van der Waals surface area contributed by atoms with Crippen molar-refractivity contribution in [2.24, 2.45) is 5.92 Å². The number of rotatable bonds is 9. The molecule has 1 amide bonds. The summed E-state index contributed by atoms with van der Waals surface area (Å²) in [5, 5.41) is 0. The van der Waals surface area contributed by atoms with Crippen molar-refractivity contribution in [2.45, 2.75) is 90.0 Å². The Bertz CT molecular complexity index is 1250. The Hall–Kier alpha value is -2.29. The largest absolute Gasteiger partial charge is 0.534 e. The molecule has 1 fully saturated rings. The Morgan fingerprint density at radius 3 is 2.31 bits per heavy atom. The van der Waals surface area contributed by atoms with Crippen LogP contribution in [0.15, 0.2) is 36.2 Å². The highest BCUT2D eigenvalue weighted by molar-refractivity contribution is 7.87. The van der Waals surface area contributed by atoms with E-state index in [2.05, 4.69) is 15.1 Å². The van der Waals surface area contributed by atoms with E-state index in [-0.39, 0.29) is 18.9 Å². The van der Waals surface area contributed by atoms with Crippen molar-refractivity contribution in [1.29, 1.82) is 0 Å². The maximum Gasteiger partial charge on any atom is 0.534 e. The average Bonchev–Trinajstić information content (AvgIpc) is 3.07. The number of carbonyl (C=O) groups excluding carboxylic acids is 1. The third-order valence-electron chi connectivity index (χ3n) is 7.60. The SMILES string of the molecule is CN(CCc1cccc(B2OC(C)(C)C(C)(C)O2)c1)CC[C@H]1CC=C(OS(=O)(=O)C(F)(F)F)N(C(=O)OC(C)(C)C)C1. The predicted molar refractivity (Wildman–Crippen MR) is 153 cm³/mol. The predicted octanol–water partition coefficient (Wildman–Crippen LogP) is 4.81. The first-order valence-corrected chi connectivity index (χ1v) is 15.4. The zero-order valence-corrected chi connectivity index (χ0v) is 26.4. The average molecular weight is 619 g/mol. The number of alkyl halides is 3. The molecule has 0 bridgehead atoms. The quantitative estimate of drug-likeness (QED) is 0.221. The van der Waals surface area contributed by atoms with Gasteiger partial charge in [0.25, 0.3) is 0 Å². The molecule has 2 aliphatic rings. The molecule has 1 atom stereocenters. The minimum Gasteiger partial charge on any atom is -0.443 e. The highest BCUT2D eigenvalue weighted by Gasteiger charge is 2.52. The summed E-state index contributed by atoms with van der Waals surface area (Å²) in [6.07, 6.45) is 1.84. The van der Waals surface area contributed by atoms with Gasteiger partial charge in [0.2, 0.25) is 5.88 Å². The molecule has 3 rings (SSSR count). The summed E-state index contributed by atoms with van der Waals surface area (Å²) in [7, 11) is -4.43. The number of carbonyl (C=O) groups is 1. The Balaban J connectivity index is 1.59. The van der Waals surface area contributed by atoms with Crippen LogP contribution in [0.25, 0.3) is 0 Å². The minimum absolute atomic E-state index is 0.0436. The first-order valence-electron chi connectivity index (χ1n) is 13.9. The Morgan fingerprint density at radius 2 is 1.74 bits per heavy atom. The summed E-state index contributed by atoms with van der Waals surface area (Å²) in [5.41, 5.74) is -5.36. The van der Waals surface area contributed by atoms with Crippen molar-refractivity contribution in [3.05, 3.63) is 41.8 Å². The van der Waals surface area contributed by atoms with Gasteiger partial charge in [0.15, 0.2) is 0 Å². The summed E-state index contributed by atoms with van der Waals surface area (Å²) >= 11 is 0. The second-order valence-corrected chi connectivity index (χ2v) is 14.4. The second kappa shape index (κ2) is 12.4. The van der Waals surface area contributed by atoms with E-state index in [1.165, 1.54) is 6.08 Å². The number of hydrogen-bond acceptors (Lipinski definition) is 8. The Labute approximate surface area is 247 Å². The topological polar surface area (TPSA) is 94.6 Å². The van der Waals surface area contributed by atoms with Crippen LogP contribution in [0.4, 0.5) is 18.0 Å². The molecule has 2 heterocycles. The van der Waals surface area contributed by atoms with Gasteiger partial charge < -0.3 is 23.1 Å². The number of hydrogen-bond donors (Lipinski definition) is 0. The van der Waals surface area contributed by atoms with Gasteiger partial charge in [-0.2, -0.15) is 21.6 Å². The van der Waals surface area contributed by atoms with Crippen LogP contribution >= 0.6 is 0 Å². The smallest absolute Gasteiger partial charge is 0.443 e. The number of allylic oxidation sites excluding steroid dienone is 1. The van der Waals surface area contributed by atoms with Crippen LogP contribution in [0.3, 0.4) is 0 Å². The van der Waals surface area contributed by atoms with Gasteiger partial charge in [0.05, 0.1) is 11.2 Å². The van der Waals surface area contributed by atoms with Crippen LogP contribution in [0, 0.1) is 5.92 Å². The molecule has 0 unspecified atom stereocenters. The number of amides is 1. The van der Waals surface area contributed by atoms with Gasteiger partial charge in [-0.15, -0.1) is 0 Å². The van der Waals surface area contributed by atoms with Gasteiger partial charge in [-0.25, -0.2) is 9.69 Å². The summed E-state index contributed by atoms with van der Waals surface area (Å²) in [6, 6.07) is 8.09. The van der Waals surface area contributed by atoms with Crippen LogP contribution in [0.2, 0.25) is 0 Å². The molecule has 2 aliphatic heterocycles. The van der Waals surface area contributed by atoms with Crippen LogP contribution < -0.4 is 5.46 Å². The zero-order valence-electron chi connectivity index (χ0n) is 25.6. The van der Waals surface area contributed by atoms with Crippen LogP contribution in [0.5, 0.6) is 0 Å². The summed E-state index contributed by atoms with van der Waals surface area (Å²) in [4.78, 5) is 15.7. The van der Waals surface area contributed by atoms with Crippen molar-refractivity contribution in [1.82, 2.24) is 9.80 Å². The summed E-state index contributed by atoms with van der Waals surface area (Å²) in [5.74, 6) is -0.847. The van der Waals surface area contributed by atoms with E-state index in [1.54, 1.807) is 20.8 Å². The standard InChI is InChI=1S/C28H42BF3N2O7S/c1-25(2,3)38-24(35)34-19-21(12-13-23(34)39-42(36,37)28(30,31)32)15-17-33(8)16-14-20-10-9-11-22(18-20)29-40-26(4,5)27(6,7)41-29/h9-11,13,18,21H,12,14-17,19H2,1-8H3/t21-/m1/s1. The van der Waals surface area contributed by atoms with Crippen molar-refractivity contribution in [3.8, 4) is 0 Å². The lowest BCUT2D eigenvalue weighted by Crippen LogP contribution is -2.43. The van der Waals surface area contributed by atoms with Crippen molar-refractivity contribution in [2.75, 3.05) is 26.7 Å². The molecule has 0 saturated carbocycles. The van der Waals surface area contributed by atoms with Crippen LogP contribution in [-0.4, -0.2) is 80.4 Å². The lowest BCUT2D eigenvalue weighted by molar-refractivity contribution is -0.0546. The minimum atomic E-state index is -5.95. The van der Waals surface area contributed by atoms with E-state index in [0.717, 1.165) is 28.9 Å². The fourth-order valence-electron chi connectivity index (χ4n) is 4.44. The van der Waals surface area contributed by atoms with Gasteiger partial charge >= 0.3 is 28.8 Å². The molecule has 0 spiro atoms. The zero-order chi connectivity index (χ0) is 31.7. The first-order chi connectivity index (χ1) is 19.1. The summed E-state index contributed by atoms with van der Waals surface area (Å²) < 4.78 is 84.0. The number of nitrogens with zero attached hydrogens (tertiary/aromatic N) is 2. The van der Waals surface area contributed by atoms with Crippen molar-refractivity contribution < 1.29 is 44.6 Å². The monoisotopic (exact) mass is 618 g/mol. The molecule has 0 N–H and O–H groups in total. The molecule has 1 aromatic rings. The van der Waals surface area contributed by atoms with Crippen molar-refractivity contribution in [3.63, 3.8) is 0 Å². The van der Waals surface area contributed by atoms with E-state index in [9.17, 15) is 26.4 Å². The third kappa shape index (κ3) is 8.64. The van der Waals surface area contributed by atoms with Gasteiger partial charge in [-0.3, -0.25) is 0 Å². The maximum absolute atomic E-state index is 12.9.